The molecule has 1 saturated heterocycles. The van der Waals surface area contributed by atoms with Gasteiger partial charge in [0.25, 0.3) is 5.91 Å². The molecule has 3 rings (SSSR count). The molecule has 2 amide bonds. The third-order valence-corrected chi connectivity index (χ3v) is 7.18. The molecule has 2 aromatic rings. The SMILES string of the molecule is Cc1ccc(S(=O)(=O)N2CCN(C(=O)CNC(=O)c3ccc(F)cc3F)CC2)cc1C. The molecule has 0 saturated carbocycles. The van der Waals surface area contributed by atoms with Crippen LogP contribution in [0.3, 0.4) is 0 Å². The molecule has 0 bridgehead atoms. The van der Waals surface area contributed by atoms with E-state index in [2.05, 4.69) is 5.32 Å². The number of amides is 2. The Morgan fingerprint density at radius 2 is 1.65 bits per heavy atom. The highest BCUT2D eigenvalue weighted by Gasteiger charge is 2.30. The molecular weight excluding hydrogens is 428 g/mol. The van der Waals surface area contributed by atoms with Crippen LogP contribution in [-0.4, -0.2) is 62.2 Å². The van der Waals surface area contributed by atoms with Crippen molar-refractivity contribution in [3.63, 3.8) is 0 Å². The lowest BCUT2D eigenvalue weighted by Gasteiger charge is -2.34. The zero-order valence-electron chi connectivity index (χ0n) is 17.2. The molecule has 2 aromatic carbocycles. The summed E-state index contributed by atoms with van der Waals surface area (Å²) in [5.74, 6) is -3.07. The predicted octanol–water partition coefficient (Wildman–Crippen LogP) is 1.84. The minimum absolute atomic E-state index is 0.127. The third-order valence-electron chi connectivity index (χ3n) is 5.28. The van der Waals surface area contributed by atoms with E-state index >= 15 is 0 Å². The second-order valence-corrected chi connectivity index (χ2v) is 9.28. The van der Waals surface area contributed by atoms with E-state index in [0.717, 1.165) is 23.3 Å². The largest absolute Gasteiger partial charge is 0.343 e. The maximum atomic E-state index is 13.7. The van der Waals surface area contributed by atoms with Crippen molar-refractivity contribution in [1.29, 1.82) is 0 Å². The van der Waals surface area contributed by atoms with Crippen molar-refractivity contribution in [1.82, 2.24) is 14.5 Å². The summed E-state index contributed by atoms with van der Waals surface area (Å²) in [6.45, 7) is 3.96. The summed E-state index contributed by atoms with van der Waals surface area (Å²) in [5, 5.41) is 2.31. The molecule has 7 nitrogen and oxygen atoms in total. The molecule has 1 fully saturated rings. The topological polar surface area (TPSA) is 86.8 Å². The first-order valence-electron chi connectivity index (χ1n) is 9.68. The molecule has 0 atom stereocenters. The molecule has 0 unspecified atom stereocenters. The van der Waals surface area contributed by atoms with Crippen LogP contribution in [0, 0.1) is 25.5 Å². The summed E-state index contributed by atoms with van der Waals surface area (Å²) < 4.78 is 53.7. The standard InChI is InChI=1S/C21H23F2N3O4S/c1-14-3-5-17(11-15(14)2)31(29,30)26-9-7-25(8-10-26)20(27)13-24-21(28)18-6-4-16(22)12-19(18)23/h3-6,11-12H,7-10,13H2,1-2H3,(H,24,28). The number of carbonyl (C=O) groups excluding carboxylic acids is 2. The van der Waals surface area contributed by atoms with Gasteiger partial charge in [0, 0.05) is 32.2 Å². The number of nitrogens with one attached hydrogen (secondary N) is 1. The van der Waals surface area contributed by atoms with Crippen LogP contribution in [0.1, 0.15) is 21.5 Å². The Morgan fingerprint density at radius 3 is 2.26 bits per heavy atom. The summed E-state index contributed by atoms with van der Waals surface area (Å²) in [6, 6.07) is 7.50. The van der Waals surface area contributed by atoms with Gasteiger partial charge in [0.1, 0.15) is 11.6 Å². The number of rotatable bonds is 5. The first kappa shape index (κ1) is 22.8. The Kier molecular flexibility index (Phi) is 6.71. The molecule has 1 aliphatic heterocycles. The molecule has 1 N–H and O–H groups in total. The highest BCUT2D eigenvalue weighted by molar-refractivity contribution is 7.89. The summed E-state index contributed by atoms with van der Waals surface area (Å²) in [4.78, 5) is 26.0. The van der Waals surface area contributed by atoms with E-state index in [-0.39, 0.29) is 43.2 Å². The van der Waals surface area contributed by atoms with Crippen molar-refractivity contribution in [3.8, 4) is 0 Å². The first-order valence-corrected chi connectivity index (χ1v) is 11.1. The smallest absolute Gasteiger partial charge is 0.254 e. The minimum atomic E-state index is -3.67. The molecule has 31 heavy (non-hydrogen) atoms. The van der Waals surface area contributed by atoms with Gasteiger partial charge in [0.05, 0.1) is 17.0 Å². The number of nitrogens with zero attached hydrogens (tertiary/aromatic N) is 2. The van der Waals surface area contributed by atoms with Crippen LogP contribution in [0.15, 0.2) is 41.3 Å². The zero-order valence-corrected chi connectivity index (χ0v) is 18.0. The zero-order chi connectivity index (χ0) is 22.8. The van der Waals surface area contributed by atoms with Gasteiger partial charge < -0.3 is 10.2 Å². The van der Waals surface area contributed by atoms with Gasteiger partial charge in [0.15, 0.2) is 0 Å². The molecule has 0 aromatic heterocycles. The number of aryl methyl sites for hydroxylation is 2. The molecule has 0 aliphatic carbocycles. The highest BCUT2D eigenvalue weighted by atomic mass is 32.2. The predicted molar refractivity (Wildman–Crippen MR) is 110 cm³/mol. The summed E-state index contributed by atoms with van der Waals surface area (Å²) in [7, 11) is -3.67. The quantitative estimate of drug-likeness (QED) is 0.752. The molecule has 0 spiro atoms. The first-order chi connectivity index (χ1) is 14.6. The average Bonchev–Trinajstić information content (AvgIpc) is 2.73. The van der Waals surface area contributed by atoms with Crippen LogP contribution in [0.5, 0.6) is 0 Å². The van der Waals surface area contributed by atoms with Gasteiger partial charge in [-0.2, -0.15) is 4.31 Å². The van der Waals surface area contributed by atoms with Crippen LogP contribution in [0.4, 0.5) is 8.78 Å². The highest BCUT2D eigenvalue weighted by Crippen LogP contribution is 2.20. The number of sulfonamides is 1. The van der Waals surface area contributed by atoms with E-state index in [9.17, 15) is 26.8 Å². The van der Waals surface area contributed by atoms with Crippen molar-refractivity contribution < 1.29 is 26.8 Å². The maximum Gasteiger partial charge on any atom is 0.254 e. The van der Waals surface area contributed by atoms with Crippen LogP contribution >= 0.6 is 0 Å². The number of hydrogen-bond donors (Lipinski definition) is 1. The van der Waals surface area contributed by atoms with Crippen molar-refractivity contribution in [2.75, 3.05) is 32.7 Å². The Bertz CT molecular complexity index is 1110. The third kappa shape index (κ3) is 5.08. The Hall–Kier alpha value is -2.85. The summed E-state index contributed by atoms with van der Waals surface area (Å²) in [5.41, 5.74) is 1.51. The van der Waals surface area contributed by atoms with E-state index in [1.54, 1.807) is 18.2 Å². The van der Waals surface area contributed by atoms with E-state index in [4.69, 9.17) is 0 Å². The van der Waals surface area contributed by atoms with Crippen molar-refractivity contribution in [3.05, 3.63) is 64.7 Å². The van der Waals surface area contributed by atoms with Crippen LogP contribution in [0.2, 0.25) is 0 Å². The van der Waals surface area contributed by atoms with E-state index in [0.29, 0.717) is 6.07 Å². The van der Waals surface area contributed by atoms with Gasteiger partial charge >= 0.3 is 0 Å². The molecular formula is C21H23F2N3O4S. The van der Waals surface area contributed by atoms with Gasteiger partial charge in [-0.25, -0.2) is 17.2 Å². The van der Waals surface area contributed by atoms with Crippen LogP contribution in [0.25, 0.3) is 0 Å². The lowest BCUT2D eigenvalue weighted by Crippen LogP contribution is -2.52. The number of carbonyl (C=O) groups is 2. The van der Waals surface area contributed by atoms with Gasteiger partial charge in [-0.3, -0.25) is 9.59 Å². The maximum absolute atomic E-state index is 13.7. The molecule has 0 radical (unpaired) electrons. The number of benzene rings is 2. The average molecular weight is 451 g/mol. The number of hydrogen-bond acceptors (Lipinski definition) is 4. The summed E-state index contributed by atoms with van der Waals surface area (Å²) >= 11 is 0. The summed E-state index contributed by atoms with van der Waals surface area (Å²) in [6.07, 6.45) is 0. The second-order valence-electron chi connectivity index (χ2n) is 7.34. The lowest BCUT2D eigenvalue weighted by molar-refractivity contribution is -0.131. The molecule has 10 heteroatoms. The van der Waals surface area contributed by atoms with Gasteiger partial charge in [-0.05, 0) is 49.2 Å². The van der Waals surface area contributed by atoms with E-state index in [1.807, 2.05) is 13.8 Å². The van der Waals surface area contributed by atoms with Crippen LogP contribution < -0.4 is 5.32 Å². The van der Waals surface area contributed by atoms with Crippen LogP contribution in [-0.2, 0) is 14.8 Å². The van der Waals surface area contributed by atoms with Gasteiger partial charge in [-0.15, -0.1) is 0 Å². The van der Waals surface area contributed by atoms with E-state index in [1.165, 1.54) is 9.21 Å². The van der Waals surface area contributed by atoms with Crippen molar-refractivity contribution >= 4 is 21.8 Å². The molecule has 166 valence electrons. The Balaban J connectivity index is 1.55. The Morgan fingerprint density at radius 1 is 0.968 bits per heavy atom. The van der Waals surface area contributed by atoms with Gasteiger partial charge in [-0.1, -0.05) is 6.07 Å². The fourth-order valence-electron chi connectivity index (χ4n) is 3.24. The monoisotopic (exact) mass is 451 g/mol. The molecule has 1 aliphatic rings. The number of halogens is 2. The minimum Gasteiger partial charge on any atom is -0.343 e. The fourth-order valence-corrected chi connectivity index (χ4v) is 4.75. The Labute approximate surface area is 179 Å². The van der Waals surface area contributed by atoms with Crippen molar-refractivity contribution in [2.24, 2.45) is 0 Å². The second kappa shape index (κ2) is 9.11. The fraction of sp³-hybridized carbons (Fsp3) is 0.333. The number of piperazine rings is 1. The normalized spacial score (nSPS) is 15.0. The van der Waals surface area contributed by atoms with Crippen molar-refractivity contribution in [2.45, 2.75) is 18.7 Å². The van der Waals surface area contributed by atoms with E-state index < -0.39 is 33.5 Å². The molecule has 1 heterocycles. The lowest BCUT2D eigenvalue weighted by atomic mass is 10.1. The van der Waals surface area contributed by atoms with Gasteiger partial charge in [0.2, 0.25) is 15.9 Å².